The van der Waals surface area contributed by atoms with Crippen LogP contribution in [0.2, 0.25) is 0 Å². The number of halogens is 2. The standard InChI is InChI=1S/C10H10BrFO/c11-7-5-8(6-7)13-10-4-2-1-3-9(10)12/h1-4,7-8H,5-6H2. The summed E-state index contributed by atoms with van der Waals surface area (Å²) in [6.07, 6.45) is 2.11. The molecule has 3 heteroatoms. The van der Waals surface area contributed by atoms with Crippen molar-refractivity contribution >= 4 is 15.9 Å². The first kappa shape index (κ1) is 9.00. The van der Waals surface area contributed by atoms with Crippen LogP contribution in [0.4, 0.5) is 4.39 Å². The largest absolute Gasteiger partial charge is 0.487 e. The predicted octanol–water partition coefficient (Wildman–Crippen LogP) is 3.13. The van der Waals surface area contributed by atoms with E-state index in [0.29, 0.717) is 10.6 Å². The van der Waals surface area contributed by atoms with Gasteiger partial charge < -0.3 is 4.74 Å². The maximum atomic E-state index is 13.1. The van der Waals surface area contributed by atoms with Gasteiger partial charge >= 0.3 is 0 Å². The second-order valence-corrected chi connectivity index (χ2v) is 4.53. The van der Waals surface area contributed by atoms with E-state index in [1.54, 1.807) is 18.2 Å². The summed E-state index contributed by atoms with van der Waals surface area (Å²) in [5.41, 5.74) is 0. The van der Waals surface area contributed by atoms with Crippen molar-refractivity contribution in [3.63, 3.8) is 0 Å². The average Bonchev–Trinajstić information content (AvgIpc) is 2.06. The first-order chi connectivity index (χ1) is 6.25. The molecule has 1 aromatic rings. The van der Waals surface area contributed by atoms with Gasteiger partial charge in [-0.2, -0.15) is 0 Å². The number of alkyl halides is 1. The van der Waals surface area contributed by atoms with E-state index in [4.69, 9.17) is 4.74 Å². The first-order valence-corrected chi connectivity index (χ1v) is 5.22. The molecule has 0 atom stereocenters. The summed E-state index contributed by atoms with van der Waals surface area (Å²) in [5, 5.41) is 0. The third-order valence-electron chi connectivity index (χ3n) is 2.17. The Morgan fingerprint density at radius 3 is 2.62 bits per heavy atom. The summed E-state index contributed by atoms with van der Waals surface area (Å²) in [6.45, 7) is 0. The van der Waals surface area contributed by atoms with E-state index in [-0.39, 0.29) is 11.9 Å². The highest BCUT2D eigenvalue weighted by Gasteiger charge is 2.28. The van der Waals surface area contributed by atoms with E-state index < -0.39 is 0 Å². The number of ether oxygens (including phenoxy) is 1. The summed E-state index contributed by atoms with van der Waals surface area (Å²) in [5.74, 6) is 0.0902. The van der Waals surface area contributed by atoms with Gasteiger partial charge in [-0.25, -0.2) is 4.39 Å². The molecule has 0 radical (unpaired) electrons. The van der Waals surface area contributed by atoms with Crippen molar-refractivity contribution in [2.75, 3.05) is 0 Å². The average molecular weight is 245 g/mol. The zero-order chi connectivity index (χ0) is 9.26. The summed E-state index contributed by atoms with van der Waals surface area (Å²) in [7, 11) is 0. The number of hydrogen-bond donors (Lipinski definition) is 0. The van der Waals surface area contributed by atoms with Crippen LogP contribution in [-0.2, 0) is 0 Å². The lowest BCUT2D eigenvalue weighted by atomic mass is 9.96. The van der Waals surface area contributed by atoms with Crippen molar-refractivity contribution in [1.82, 2.24) is 0 Å². The van der Waals surface area contributed by atoms with Crippen LogP contribution in [0.3, 0.4) is 0 Å². The predicted molar refractivity (Wildman–Crippen MR) is 52.8 cm³/mol. The lowest BCUT2D eigenvalue weighted by Gasteiger charge is -2.31. The molecule has 1 saturated carbocycles. The van der Waals surface area contributed by atoms with Crippen molar-refractivity contribution in [2.45, 2.75) is 23.8 Å². The van der Waals surface area contributed by atoms with Gasteiger partial charge in [-0.15, -0.1) is 0 Å². The quantitative estimate of drug-likeness (QED) is 0.727. The highest BCUT2D eigenvalue weighted by atomic mass is 79.9. The molecule has 0 aliphatic heterocycles. The highest BCUT2D eigenvalue weighted by molar-refractivity contribution is 9.09. The van der Waals surface area contributed by atoms with Crippen LogP contribution in [0.15, 0.2) is 24.3 Å². The van der Waals surface area contributed by atoms with E-state index in [9.17, 15) is 4.39 Å². The second kappa shape index (κ2) is 3.66. The lowest BCUT2D eigenvalue weighted by molar-refractivity contribution is 0.122. The molecule has 0 bridgehead atoms. The Morgan fingerprint density at radius 1 is 1.31 bits per heavy atom. The maximum absolute atomic E-state index is 13.1. The minimum absolute atomic E-state index is 0.182. The molecule has 1 aliphatic carbocycles. The molecule has 1 aliphatic rings. The minimum atomic E-state index is -0.277. The molecule has 1 aromatic carbocycles. The fourth-order valence-corrected chi connectivity index (χ4v) is 2.15. The van der Waals surface area contributed by atoms with Crippen LogP contribution < -0.4 is 4.74 Å². The van der Waals surface area contributed by atoms with Crippen LogP contribution in [0.25, 0.3) is 0 Å². The molecule has 0 spiro atoms. The van der Waals surface area contributed by atoms with Crippen molar-refractivity contribution in [2.24, 2.45) is 0 Å². The van der Waals surface area contributed by atoms with Gasteiger partial charge in [0.1, 0.15) is 6.10 Å². The van der Waals surface area contributed by atoms with Crippen LogP contribution in [-0.4, -0.2) is 10.9 Å². The molecule has 13 heavy (non-hydrogen) atoms. The third-order valence-corrected chi connectivity index (χ3v) is 2.92. The highest BCUT2D eigenvalue weighted by Crippen LogP contribution is 2.31. The van der Waals surface area contributed by atoms with Crippen LogP contribution >= 0.6 is 15.9 Å². The molecule has 1 fully saturated rings. The molecule has 70 valence electrons. The molecule has 0 N–H and O–H groups in total. The summed E-state index contributed by atoms with van der Waals surface area (Å²) >= 11 is 3.46. The lowest BCUT2D eigenvalue weighted by Crippen LogP contribution is -2.34. The molecule has 1 nitrogen and oxygen atoms in total. The smallest absolute Gasteiger partial charge is 0.165 e. The van der Waals surface area contributed by atoms with Gasteiger partial charge in [0, 0.05) is 4.83 Å². The zero-order valence-electron chi connectivity index (χ0n) is 7.04. The van der Waals surface area contributed by atoms with Crippen molar-refractivity contribution in [1.29, 1.82) is 0 Å². The molecular weight excluding hydrogens is 235 g/mol. The number of hydrogen-bond acceptors (Lipinski definition) is 1. The Hall–Kier alpha value is -0.570. The third kappa shape index (κ3) is 2.02. The van der Waals surface area contributed by atoms with E-state index in [0.717, 1.165) is 12.8 Å². The summed E-state index contributed by atoms with van der Waals surface area (Å²) in [6, 6.07) is 6.52. The van der Waals surface area contributed by atoms with Gasteiger partial charge in [0.15, 0.2) is 11.6 Å². The molecule has 0 heterocycles. The van der Waals surface area contributed by atoms with Gasteiger partial charge in [0.05, 0.1) is 0 Å². The van der Waals surface area contributed by atoms with E-state index in [1.807, 2.05) is 0 Å². The first-order valence-electron chi connectivity index (χ1n) is 4.31. The maximum Gasteiger partial charge on any atom is 0.165 e. The number of para-hydroxylation sites is 1. The molecule has 2 rings (SSSR count). The van der Waals surface area contributed by atoms with Crippen molar-refractivity contribution in [3.05, 3.63) is 30.1 Å². The Labute approximate surface area is 85.0 Å². The molecule has 0 unspecified atom stereocenters. The molecular formula is C10H10BrFO. The SMILES string of the molecule is Fc1ccccc1OC1CC(Br)C1. The van der Waals surface area contributed by atoms with Gasteiger partial charge in [-0.1, -0.05) is 28.1 Å². The zero-order valence-corrected chi connectivity index (χ0v) is 8.63. The monoisotopic (exact) mass is 244 g/mol. The van der Waals surface area contributed by atoms with E-state index in [1.165, 1.54) is 6.07 Å². The van der Waals surface area contributed by atoms with Gasteiger partial charge in [-0.3, -0.25) is 0 Å². The second-order valence-electron chi connectivity index (χ2n) is 3.24. The number of rotatable bonds is 2. The van der Waals surface area contributed by atoms with Gasteiger partial charge in [0.2, 0.25) is 0 Å². The Bertz CT molecular complexity index is 297. The topological polar surface area (TPSA) is 9.23 Å². The summed E-state index contributed by atoms with van der Waals surface area (Å²) in [4.78, 5) is 0.546. The van der Waals surface area contributed by atoms with Crippen LogP contribution in [0.1, 0.15) is 12.8 Å². The van der Waals surface area contributed by atoms with E-state index in [2.05, 4.69) is 15.9 Å². The Kier molecular flexibility index (Phi) is 2.54. The Balaban J connectivity index is 1.98. The van der Waals surface area contributed by atoms with Gasteiger partial charge in [0.25, 0.3) is 0 Å². The summed E-state index contributed by atoms with van der Waals surface area (Å²) < 4.78 is 18.5. The van der Waals surface area contributed by atoms with Crippen molar-refractivity contribution in [3.8, 4) is 5.75 Å². The normalized spacial score (nSPS) is 26.6. The van der Waals surface area contributed by atoms with E-state index >= 15 is 0 Å². The number of benzene rings is 1. The fraction of sp³-hybridized carbons (Fsp3) is 0.400. The van der Waals surface area contributed by atoms with Crippen molar-refractivity contribution < 1.29 is 9.13 Å². The molecule has 0 amide bonds. The molecule has 0 saturated heterocycles. The van der Waals surface area contributed by atoms with Gasteiger partial charge in [-0.05, 0) is 25.0 Å². The molecule has 0 aromatic heterocycles. The Morgan fingerprint density at radius 2 is 2.00 bits per heavy atom. The minimum Gasteiger partial charge on any atom is -0.487 e. The van der Waals surface area contributed by atoms with Crippen LogP contribution in [0.5, 0.6) is 5.75 Å². The fourth-order valence-electron chi connectivity index (χ4n) is 1.32. The van der Waals surface area contributed by atoms with Crippen LogP contribution in [0, 0.1) is 5.82 Å².